The summed E-state index contributed by atoms with van der Waals surface area (Å²) in [7, 11) is 1.96. The Morgan fingerprint density at radius 3 is 3.00 bits per heavy atom. The number of hydrogen-bond acceptors (Lipinski definition) is 3. The van der Waals surface area contributed by atoms with E-state index in [0.717, 1.165) is 30.7 Å². The Balaban J connectivity index is 2.21. The van der Waals surface area contributed by atoms with Gasteiger partial charge in [-0.15, -0.1) is 0 Å². The lowest BCUT2D eigenvalue weighted by molar-refractivity contribution is 0.585. The number of aromatic nitrogens is 2. The zero-order valence-electron chi connectivity index (χ0n) is 9.77. The van der Waals surface area contributed by atoms with E-state index in [9.17, 15) is 0 Å². The van der Waals surface area contributed by atoms with Gasteiger partial charge in [0.2, 0.25) is 0 Å². The maximum Gasteiger partial charge on any atom is 0.166 e. The molecule has 86 valence electrons. The molecule has 1 N–H and O–H groups in total. The zero-order valence-corrected chi connectivity index (χ0v) is 9.77. The molecule has 0 atom stereocenters. The molecule has 0 bridgehead atoms. The predicted octanol–water partition coefficient (Wildman–Crippen LogP) is 1.46. The second-order valence-corrected chi connectivity index (χ2v) is 4.66. The molecule has 0 amide bonds. The minimum absolute atomic E-state index is 0.133. The van der Waals surface area contributed by atoms with Gasteiger partial charge < -0.3 is 9.72 Å². The van der Waals surface area contributed by atoms with Crippen molar-refractivity contribution >= 4 is 5.52 Å². The highest BCUT2D eigenvalue weighted by molar-refractivity contribution is 5.59. The van der Waals surface area contributed by atoms with Crippen LogP contribution in [0.2, 0.25) is 0 Å². The Kier molecular flexibility index (Phi) is 2.17. The quantitative estimate of drug-likeness (QED) is 0.862. The number of hydrogen-bond donors (Lipinski definition) is 1. The fourth-order valence-electron chi connectivity index (χ4n) is 2.46. The lowest BCUT2D eigenvalue weighted by atomic mass is 10.1. The molecule has 0 aliphatic heterocycles. The molecular weight excluding hydrogens is 212 g/mol. The molecule has 4 nitrogen and oxygen atoms in total. The van der Waals surface area contributed by atoms with E-state index in [1.165, 1.54) is 0 Å². The summed E-state index contributed by atoms with van der Waals surface area (Å²) in [4.78, 5) is 4.52. The molecule has 2 aromatic heterocycles. The lowest BCUT2D eigenvalue weighted by Gasteiger charge is -2.12. The number of nitrogens with zero attached hydrogens (tertiary/aromatic N) is 3. The highest BCUT2D eigenvalue weighted by Crippen LogP contribution is 2.47. The number of nitrogens with one attached hydrogen (secondary N) is 1. The van der Waals surface area contributed by atoms with Crippen molar-refractivity contribution in [3.8, 4) is 6.07 Å². The van der Waals surface area contributed by atoms with Gasteiger partial charge in [0, 0.05) is 18.2 Å². The van der Waals surface area contributed by atoms with Gasteiger partial charge in [0.1, 0.15) is 11.9 Å². The van der Waals surface area contributed by atoms with Crippen LogP contribution in [0.15, 0.2) is 24.4 Å². The topological polar surface area (TPSA) is 53.1 Å². The van der Waals surface area contributed by atoms with Crippen molar-refractivity contribution in [2.45, 2.75) is 18.3 Å². The molecule has 0 saturated heterocycles. The number of likely N-dealkylation sites (N-methyl/N-ethyl adjacent to an activating group) is 1. The molecule has 2 aromatic rings. The van der Waals surface area contributed by atoms with Crippen LogP contribution < -0.4 is 5.32 Å². The monoisotopic (exact) mass is 226 g/mol. The van der Waals surface area contributed by atoms with Crippen LogP contribution in [0.3, 0.4) is 0 Å². The molecule has 1 saturated carbocycles. The first kappa shape index (κ1) is 10.3. The molecule has 1 aliphatic rings. The molecule has 1 aliphatic carbocycles. The van der Waals surface area contributed by atoms with Crippen molar-refractivity contribution in [2.75, 3.05) is 13.6 Å². The number of imidazole rings is 1. The van der Waals surface area contributed by atoms with Gasteiger partial charge in [0.05, 0.1) is 5.52 Å². The fourth-order valence-corrected chi connectivity index (χ4v) is 2.46. The van der Waals surface area contributed by atoms with Gasteiger partial charge in [0.15, 0.2) is 5.69 Å². The van der Waals surface area contributed by atoms with E-state index in [0.29, 0.717) is 5.69 Å². The molecule has 2 heterocycles. The van der Waals surface area contributed by atoms with E-state index in [2.05, 4.69) is 20.8 Å². The second-order valence-electron chi connectivity index (χ2n) is 4.66. The average molecular weight is 226 g/mol. The summed E-state index contributed by atoms with van der Waals surface area (Å²) < 4.78 is 2.06. The Morgan fingerprint density at radius 2 is 2.35 bits per heavy atom. The van der Waals surface area contributed by atoms with Crippen LogP contribution in [-0.4, -0.2) is 23.0 Å². The van der Waals surface area contributed by atoms with Gasteiger partial charge in [-0.25, -0.2) is 4.98 Å². The van der Waals surface area contributed by atoms with Crippen LogP contribution >= 0.6 is 0 Å². The largest absolute Gasteiger partial charge is 0.319 e. The highest BCUT2D eigenvalue weighted by atomic mass is 15.1. The van der Waals surface area contributed by atoms with Gasteiger partial charge in [-0.2, -0.15) is 5.26 Å². The van der Waals surface area contributed by atoms with Gasteiger partial charge in [0.25, 0.3) is 0 Å². The first-order chi connectivity index (χ1) is 8.30. The van der Waals surface area contributed by atoms with E-state index in [-0.39, 0.29) is 5.41 Å². The third-order valence-corrected chi connectivity index (χ3v) is 3.50. The van der Waals surface area contributed by atoms with Crippen molar-refractivity contribution < 1.29 is 0 Å². The molecule has 3 rings (SSSR count). The van der Waals surface area contributed by atoms with E-state index < -0.39 is 0 Å². The van der Waals surface area contributed by atoms with E-state index >= 15 is 0 Å². The van der Waals surface area contributed by atoms with Gasteiger partial charge in [-0.3, -0.25) is 0 Å². The predicted molar refractivity (Wildman–Crippen MR) is 64.7 cm³/mol. The molecule has 0 spiro atoms. The van der Waals surface area contributed by atoms with E-state index in [4.69, 9.17) is 5.26 Å². The molecule has 0 unspecified atom stereocenters. The number of fused-ring (bicyclic) bond motifs is 1. The van der Waals surface area contributed by atoms with Crippen LogP contribution in [0.4, 0.5) is 0 Å². The third kappa shape index (κ3) is 1.43. The summed E-state index contributed by atoms with van der Waals surface area (Å²) in [6.45, 7) is 0.922. The summed E-state index contributed by atoms with van der Waals surface area (Å²) in [5, 5.41) is 12.3. The number of rotatable bonds is 3. The molecule has 1 fully saturated rings. The number of nitriles is 1. The molecule has 4 heteroatoms. The Labute approximate surface area is 99.9 Å². The maximum absolute atomic E-state index is 9.12. The SMILES string of the molecule is CNCC1(c2nc(C#N)c3ccccn23)CC1. The molecule has 17 heavy (non-hydrogen) atoms. The lowest BCUT2D eigenvalue weighted by Crippen LogP contribution is -2.25. The van der Waals surface area contributed by atoms with Crippen LogP contribution in [0, 0.1) is 11.3 Å². The van der Waals surface area contributed by atoms with Gasteiger partial charge in [-0.1, -0.05) is 6.07 Å². The zero-order chi connectivity index (χ0) is 11.9. The maximum atomic E-state index is 9.12. The molecule has 0 radical (unpaired) electrons. The Bertz CT molecular complexity index is 601. The Hall–Kier alpha value is -1.86. The van der Waals surface area contributed by atoms with Gasteiger partial charge >= 0.3 is 0 Å². The van der Waals surface area contributed by atoms with Crippen molar-refractivity contribution in [3.63, 3.8) is 0 Å². The third-order valence-electron chi connectivity index (χ3n) is 3.50. The Morgan fingerprint density at radius 1 is 1.53 bits per heavy atom. The van der Waals surface area contributed by atoms with Crippen molar-refractivity contribution in [2.24, 2.45) is 0 Å². The second kappa shape index (κ2) is 3.57. The minimum Gasteiger partial charge on any atom is -0.319 e. The summed E-state index contributed by atoms with van der Waals surface area (Å²) in [5.41, 5.74) is 1.57. The first-order valence-corrected chi connectivity index (χ1v) is 5.83. The average Bonchev–Trinajstić information content (AvgIpc) is 3.04. The van der Waals surface area contributed by atoms with Crippen molar-refractivity contribution in [1.82, 2.24) is 14.7 Å². The van der Waals surface area contributed by atoms with Crippen LogP contribution in [0.25, 0.3) is 5.52 Å². The van der Waals surface area contributed by atoms with Crippen LogP contribution in [-0.2, 0) is 5.41 Å². The highest BCUT2D eigenvalue weighted by Gasteiger charge is 2.47. The smallest absolute Gasteiger partial charge is 0.166 e. The van der Waals surface area contributed by atoms with Crippen LogP contribution in [0.1, 0.15) is 24.4 Å². The summed E-state index contributed by atoms with van der Waals surface area (Å²) in [6, 6.07) is 8.05. The fraction of sp³-hybridized carbons (Fsp3) is 0.385. The van der Waals surface area contributed by atoms with Crippen molar-refractivity contribution in [1.29, 1.82) is 5.26 Å². The number of pyridine rings is 1. The normalized spacial score (nSPS) is 16.9. The van der Waals surface area contributed by atoms with Gasteiger partial charge in [-0.05, 0) is 32.0 Å². The van der Waals surface area contributed by atoms with Crippen molar-refractivity contribution in [3.05, 3.63) is 35.9 Å². The first-order valence-electron chi connectivity index (χ1n) is 5.83. The minimum atomic E-state index is 0.133. The summed E-state index contributed by atoms with van der Waals surface area (Å²) >= 11 is 0. The van der Waals surface area contributed by atoms with E-state index in [1.807, 2.05) is 31.4 Å². The standard InChI is InChI=1S/C13H14N4/c1-15-9-13(5-6-13)12-16-10(8-14)11-4-2-3-7-17(11)12/h2-4,7,15H,5-6,9H2,1H3. The van der Waals surface area contributed by atoms with E-state index in [1.54, 1.807) is 0 Å². The molecular formula is C13H14N4. The summed E-state index contributed by atoms with van der Waals surface area (Å²) in [5.74, 6) is 1.03. The summed E-state index contributed by atoms with van der Waals surface area (Å²) in [6.07, 6.45) is 4.29. The molecule has 0 aromatic carbocycles. The van der Waals surface area contributed by atoms with Crippen LogP contribution in [0.5, 0.6) is 0 Å².